The van der Waals surface area contributed by atoms with Crippen LogP contribution in [0.4, 0.5) is 26.3 Å². The van der Waals surface area contributed by atoms with E-state index in [0.29, 0.717) is 10.3 Å². The Morgan fingerprint density at radius 3 is 1.77 bits per heavy atom. The summed E-state index contributed by atoms with van der Waals surface area (Å²) in [5, 5.41) is 1.71. The maximum atomic E-state index is 13.5. The molecule has 1 aliphatic carbocycles. The Bertz CT molecular complexity index is 1740. The van der Waals surface area contributed by atoms with Crippen LogP contribution in [0.5, 0.6) is 0 Å². The zero-order chi connectivity index (χ0) is 27.4. The van der Waals surface area contributed by atoms with Crippen molar-refractivity contribution < 1.29 is 26.3 Å². The van der Waals surface area contributed by atoms with E-state index < -0.39 is 23.5 Å². The van der Waals surface area contributed by atoms with Crippen molar-refractivity contribution in [2.45, 2.75) is 25.2 Å². The van der Waals surface area contributed by atoms with Crippen LogP contribution in [0.3, 0.4) is 0 Å². The Morgan fingerprint density at radius 2 is 1.21 bits per heavy atom. The van der Waals surface area contributed by atoms with Crippen LogP contribution in [0.25, 0.3) is 42.4 Å². The number of thiophene rings is 1. The van der Waals surface area contributed by atoms with Gasteiger partial charge in [-0.15, -0.1) is 11.3 Å². The first kappa shape index (κ1) is 25.4. The van der Waals surface area contributed by atoms with E-state index in [1.54, 1.807) is 18.3 Å². The third-order valence-corrected chi connectivity index (χ3v) is 8.24. The topological polar surface area (TPSA) is 12.9 Å². The van der Waals surface area contributed by atoms with Gasteiger partial charge in [0.1, 0.15) is 0 Å². The van der Waals surface area contributed by atoms with Gasteiger partial charge in [-0.3, -0.25) is 4.98 Å². The molecule has 0 aliphatic heterocycles. The van der Waals surface area contributed by atoms with E-state index in [4.69, 9.17) is 0 Å². The normalized spacial score (nSPS) is 14.5. The van der Waals surface area contributed by atoms with Crippen LogP contribution in [0.2, 0.25) is 0 Å². The van der Waals surface area contributed by atoms with Crippen molar-refractivity contribution in [3.8, 4) is 11.1 Å². The minimum atomic E-state index is -4.91. The summed E-state index contributed by atoms with van der Waals surface area (Å²) in [6, 6.07) is 16.7. The number of pyridine rings is 1. The lowest BCUT2D eigenvalue weighted by Gasteiger charge is -2.15. The van der Waals surface area contributed by atoms with E-state index >= 15 is 0 Å². The molecule has 1 nitrogen and oxygen atoms in total. The highest BCUT2D eigenvalue weighted by Gasteiger charge is 2.37. The van der Waals surface area contributed by atoms with Crippen molar-refractivity contribution in [3.05, 3.63) is 114 Å². The number of allylic oxidation sites excluding steroid dienone is 4. The van der Waals surface area contributed by atoms with Gasteiger partial charge in [-0.05, 0) is 70.5 Å². The first-order valence-corrected chi connectivity index (χ1v) is 13.0. The molecule has 0 N–H and O–H groups in total. The van der Waals surface area contributed by atoms with Crippen molar-refractivity contribution in [1.82, 2.24) is 4.98 Å². The predicted octanol–water partition coefficient (Wildman–Crippen LogP) is 10.4. The van der Waals surface area contributed by atoms with Gasteiger partial charge in [-0.2, -0.15) is 26.3 Å². The second-order valence-corrected chi connectivity index (χ2v) is 10.4. The van der Waals surface area contributed by atoms with E-state index in [-0.39, 0.29) is 11.6 Å². The standard InChI is InChI=1S/C31H19F6NS/c32-30(33,34)22-14-21(15-23(16-22)31(35,36)37)25-6-2-8-27-26-7-1-5-24(28(26)39-29(25)27)19-11-9-18(10-12-19)20-4-3-13-38-17-20/h1-9,11,13-17H,10,12H2. The molecule has 196 valence electrons. The molecule has 6 rings (SSSR count). The molecule has 0 saturated heterocycles. The maximum Gasteiger partial charge on any atom is 0.416 e. The molecule has 0 bridgehead atoms. The second kappa shape index (κ2) is 9.38. The van der Waals surface area contributed by atoms with Gasteiger partial charge in [0.2, 0.25) is 0 Å². The summed E-state index contributed by atoms with van der Waals surface area (Å²) >= 11 is 1.39. The second-order valence-electron chi connectivity index (χ2n) is 9.39. The number of hydrogen-bond donors (Lipinski definition) is 0. The molecule has 39 heavy (non-hydrogen) atoms. The number of nitrogens with zero attached hydrogens (tertiary/aromatic N) is 1. The molecule has 1 aliphatic rings. The summed E-state index contributed by atoms with van der Waals surface area (Å²) < 4.78 is 82.9. The average Bonchev–Trinajstić information content (AvgIpc) is 3.31. The third kappa shape index (κ3) is 4.74. The lowest BCUT2D eigenvalue weighted by Crippen LogP contribution is -2.11. The average molecular weight is 552 g/mol. The van der Waals surface area contributed by atoms with Gasteiger partial charge in [0.15, 0.2) is 0 Å². The largest absolute Gasteiger partial charge is 0.416 e. The lowest BCUT2D eigenvalue weighted by molar-refractivity contribution is -0.143. The fourth-order valence-corrected chi connectivity index (χ4v) is 6.45. The van der Waals surface area contributed by atoms with Crippen molar-refractivity contribution in [2.24, 2.45) is 0 Å². The SMILES string of the molecule is FC(F)(F)c1cc(-c2cccc3c2sc2c(C4=CC=C(c5cccnc5)CC4)cccc23)cc(C(F)(F)F)c1. The number of aromatic nitrogens is 1. The van der Waals surface area contributed by atoms with Crippen LogP contribution in [0.15, 0.2) is 91.3 Å². The molecule has 8 heteroatoms. The summed E-state index contributed by atoms with van der Waals surface area (Å²) in [6.07, 6.45) is -0.481. The summed E-state index contributed by atoms with van der Waals surface area (Å²) in [6.45, 7) is 0. The van der Waals surface area contributed by atoms with Crippen molar-refractivity contribution >= 4 is 42.7 Å². The zero-order valence-corrected chi connectivity index (χ0v) is 21.0. The Labute approximate surface area is 223 Å². The molecule has 0 radical (unpaired) electrons. The fourth-order valence-electron chi connectivity index (χ4n) is 5.07. The number of hydrogen-bond acceptors (Lipinski definition) is 2. The van der Waals surface area contributed by atoms with Gasteiger partial charge in [-0.25, -0.2) is 0 Å². The Hall–Kier alpha value is -3.91. The van der Waals surface area contributed by atoms with E-state index in [9.17, 15) is 26.3 Å². The van der Waals surface area contributed by atoms with E-state index in [2.05, 4.69) is 17.1 Å². The fraction of sp³-hybridized carbons (Fsp3) is 0.129. The Balaban J connectivity index is 1.51. The van der Waals surface area contributed by atoms with Crippen molar-refractivity contribution in [2.75, 3.05) is 0 Å². The van der Waals surface area contributed by atoms with Gasteiger partial charge >= 0.3 is 12.4 Å². The molecule has 5 aromatic rings. The predicted molar refractivity (Wildman–Crippen MR) is 144 cm³/mol. The molecular formula is C31H19F6NS. The molecule has 0 unspecified atom stereocenters. The van der Waals surface area contributed by atoms with Crippen LogP contribution in [-0.4, -0.2) is 4.98 Å². The lowest BCUT2D eigenvalue weighted by atomic mass is 9.90. The molecule has 3 aromatic carbocycles. The molecule has 0 amide bonds. The molecule has 0 saturated carbocycles. The van der Waals surface area contributed by atoms with Crippen LogP contribution in [0.1, 0.15) is 35.1 Å². The zero-order valence-electron chi connectivity index (χ0n) is 20.2. The monoisotopic (exact) mass is 551 g/mol. The number of fused-ring (bicyclic) bond motifs is 3. The van der Waals surface area contributed by atoms with Gasteiger partial charge < -0.3 is 0 Å². The smallest absolute Gasteiger partial charge is 0.264 e. The van der Waals surface area contributed by atoms with Gasteiger partial charge in [0.05, 0.1) is 11.1 Å². The van der Waals surface area contributed by atoms with E-state index in [1.807, 2.05) is 42.6 Å². The number of halogens is 6. The molecule has 0 fully saturated rings. The Kier molecular flexibility index (Phi) is 6.10. The number of benzene rings is 3. The van der Waals surface area contributed by atoms with Crippen LogP contribution in [0, 0.1) is 0 Å². The number of alkyl halides is 6. The highest BCUT2D eigenvalue weighted by molar-refractivity contribution is 7.26. The van der Waals surface area contributed by atoms with Crippen LogP contribution >= 0.6 is 11.3 Å². The van der Waals surface area contributed by atoms with Gasteiger partial charge in [0.25, 0.3) is 0 Å². The first-order chi connectivity index (χ1) is 18.6. The Morgan fingerprint density at radius 1 is 0.615 bits per heavy atom. The minimum absolute atomic E-state index is 0.114. The van der Waals surface area contributed by atoms with Gasteiger partial charge in [0, 0.05) is 32.6 Å². The van der Waals surface area contributed by atoms with Crippen LogP contribution < -0.4 is 0 Å². The quantitative estimate of drug-likeness (QED) is 0.203. The molecular weight excluding hydrogens is 532 g/mol. The molecule has 0 spiro atoms. The van der Waals surface area contributed by atoms with E-state index in [1.165, 1.54) is 16.9 Å². The molecule has 0 atom stereocenters. The highest BCUT2D eigenvalue weighted by atomic mass is 32.1. The summed E-state index contributed by atoms with van der Waals surface area (Å²) in [7, 11) is 0. The summed E-state index contributed by atoms with van der Waals surface area (Å²) in [5.41, 5.74) is 1.97. The molecule has 2 heterocycles. The van der Waals surface area contributed by atoms with Crippen molar-refractivity contribution in [3.63, 3.8) is 0 Å². The maximum absolute atomic E-state index is 13.5. The highest BCUT2D eigenvalue weighted by Crippen LogP contribution is 2.46. The van der Waals surface area contributed by atoms with E-state index in [0.717, 1.165) is 57.1 Å². The minimum Gasteiger partial charge on any atom is -0.264 e. The van der Waals surface area contributed by atoms with Crippen LogP contribution in [-0.2, 0) is 12.4 Å². The van der Waals surface area contributed by atoms with Gasteiger partial charge in [-0.1, -0.05) is 54.6 Å². The summed E-state index contributed by atoms with van der Waals surface area (Å²) in [5.74, 6) is 0. The third-order valence-electron chi connectivity index (χ3n) is 6.95. The molecule has 2 aromatic heterocycles. The van der Waals surface area contributed by atoms with Crippen molar-refractivity contribution in [1.29, 1.82) is 0 Å². The number of rotatable bonds is 3. The first-order valence-electron chi connectivity index (χ1n) is 12.1. The summed E-state index contributed by atoms with van der Waals surface area (Å²) in [4.78, 5) is 4.19.